The van der Waals surface area contributed by atoms with Crippen molar-refractivity contribution in [2.45, 2.75) is 49.1 Å². The quantitative estimate of drug-likeness (QED) is 0.808. The minimum absolute atomic E-state index is 0.674. The van der Waals surface area contributed by atoms with Crippen molar-refractivity contribution in [2.75, 3.05) is 12.8 Å². The first kappa shape index (κ1) is 11.6. The summed E-state index contributed by atoms with van der Waals surface area (Å²) < 4.78 is 0. The molecular formula is C11H20N2S2. The molecule has 15 heavy (non-hydrogen) atoms. The molecule has 1 aliphatic carbocycles. The minimum Gasteiger partial charge on any atom is -0.362 e. The molecule has 1 N–H and O–H groups in total. The molecule has 86 valence electrons. The summed E-state index contributed by atoms with van der Waals surface area (Å²) in [6.07, 6.45) is 7.64. The largest absolute Gasteiger partial charge is 0.362 e. The number of hydrogen-bond acceptors (Lipinski definition) is 4. The number of nitrogens with zero attached hydrogens (tertiary/aromatic N) is 1. The topological polar surface area (TPSA) is 24.4 Å². The Hall–Kier alpha value is 0.170. The summed E-state index contributed by atoms with van der Waals surface area (Å²) in [7, 11) is 0. The molecule has 0 aromatic rings. The summed E-state index contributed by atoms with van der Waals surface area (Å²) in [4.78, 5) is 4.52. The van der Waals surface area contributed by atoms with E-state index >= 15 is 0 Å². The maximum Gasteiger partial charge on any atom is 0.157 e. The highest BCUT2D eigenvalue weighted by atomic mass is 32.2. The highest BCUT2D eigenvalue weighted by Gasteiger charge is 2.24. The maximum absolute atomic E-state index is 4.52. The molecule has 0 radical (unpaired) electrons. The molecule has 3 unspecified atom stereocenters. The van der Waals surface area contributed by atoms with Crippen LogP contribution >= 0.6 is 23.5 Å². The zero-order valence-corrected chi connectivity index (χ0v) is 11.2. The van der Waals surface area contributed by atoms with Crippen molar-refractivity contribution >= 4 is 28.7 Å². The van der Waals surface area contributed by atoms with Gasteiger partial charge in [0.25, 0.3) is 0 Å². The predicted molar refractivity (Wildman–Crippen MR) is 72.0 cm³/mol. The lowest BCUT2D eigenvalue weighted by Gasteiger charge is -2.29. The van der Waals surface area contributed by atoms with Gasteiger partial charge in [-0.05, 0) is 25.5 Å². The molecular weight excluding hydrogens is 224 g/mol. The monoisotopic (exact) mass is 244 g/mol. The third-order valence-electron chi connectivity index (χ3n) is 3.09. The number of aliphatic imine (C=N–C) groups is 1. The van der Waals surface area contributed by atoms with Crippen LogP contribution in [0, 0.1) is 0 Å². The number of amidine groups is 1. The zero-order chi connectivity index (χ0) is 10.7. The Kier molecular flexibility index (Phi) is 4.26. The Morgan fingerprint density at radius 2 is 2.33 bits per heavy atom. The molecule has 1 fully saturated rings. The van der Waals surface area contributed by atoms with Crippen molar-refractivity contribution in [1.29, 1.82) is 0 Å². The van der Waals surface area contributed by atoms with Crippen LogP contribution in [0.15, 0.2) is 4.99 Å². The molecule has 0 aromatic heterocycles. The van der Waals surface area contributed by atoms with Crippen LogP contribution in [-0.2, 0) is 0 Å². The fraction of sp³-hybridized carbons (Fsp3) is 0.909. The molecule has 0 bridgehead atoms. The second-order valence-corrected chi connectivity index (χ2v) is 7.01. The van der Waals surface area contributed by atoms with Crippen molar-refractivity contribution in [3.63, 3.8) is 0 Å². The van der Waals surface area contributed by atoms with Gasteiger partial charge >= 0.3 is 0 Å². The second kappa shape index (κ2) is 5.48. The lowest BCUT2D eigenvalue weighted by atomic mass is 9.95. The van der Waals surface area contributed by atoms with Gasteiger partial charge in [-0.15, -0.1) is 0 Å². The predicted octanol–water partition coefficient (Wildman–Crippen LogP) is 2.74. The molecule has 0 saturated heterocycles. The third kappa shape index (κ3) is 3.31. The van der Waals surface area contributed by atoms with E-state index in [2.05, 4.69) is 23.5 Å². The molecule has 3 atom stereocenters. The van der Waals surface area contributed by atoms with Crippen LogP contribution in [0.5, 0.6) is 0 Å². The molecule has 0 aromatic carbocycles. The Balaban J connectivity index is 1.79. The fourth-order valence-corrected chi connectivity index (χ4v) is 3.96. The van der Waals surface area contributed by atoms with Gasteiger partial charge in [-0.25, -0.2) is 0 Å². The second-order valence-electron chi connectivity index (χ2n) is 4.44. The van der Waals surface area contributed by atoms with E-state index in [4.69, 9.17) is 0 Å². The normalized spacial score (nSPS) is 36.4. The summed E-state index contributed by atoms with van der Waals surface area (Å²) >= 11 is 3.92. The summed E-state index contributed by atoms with van der Waals surface area (Å²) in [5.41, 5.74) is 0. The van der Waals surface area contributed by atoms with Crippen LogP contribution in [0.2, 0.25) is 0 Å². The third-order valence-corrected chi connectivity index (χ3v) is 5.21. The molecule has 0 amide bonds. The molecule has 2 rings (SSSR count). The average Bonchev–Trinajstić information content (AvgIpc) is 2.64. The number of rotatable bonds is 2. The summed E-state index contributed by atoms with van der Waals surface area (Å²) in [5, 5.41) is 6.34. The van der Waals surface area contributed by atoms with E-state index in [0.717, 1.165) is 11.8 Å². The molecule has 2 nitrogen and oxygen atoms in total. The maximum atomic E-state index is 4.52. The first-order valence-electron chi connectivity index (χ1n) is 5.78. The number of thioether (sulfide) groups is 2. The molecule has 1 saturated carbocycles. The van der Waals surface area contributed by atoms with E-state index in [1.807, 2.05) is 23.5 Å². The SMILES string of the molecule is CSC1CCCC(NC2=NCC(C)S2)C1. The van der Waals surface area contributed by atoms with Crippen molar-refractivity contribution in [3.8, 4) is 0 Å². The Morgan fingerprint density at radius 1 is 1.47 bits per heavy atom. The van der Waals surface area contributed by atoms with Crippen molar-refractivity contribution in [2.24, 2.45) is 4.99 Å². The van der Waals surface area contributed by atoms with Crippen LogP contribution < -0.4 is 5.32 Å². The highest BCUT2D eigenvalue weighted by Crippen LogP contribution is 2.28. The lowest BCUT2D eigenvalue weighted by molar-refractivity contribution is 0.424. The standard InChI is InChI=1S/C11H20N2S2/c1-8-7-12-11(15-8)13-9-4-3-5-10(6-9)14-2/h8-10H,3-7H2,1-2H3,(H,12,13). The first-order valence-corrected chi connectivity index (χ1v) is 7.95. The van der Waals surface area contributed by atoms with Gasteiger partial charge in [-0.1, -0.05) is 25.1 Å². The number of nitrogens with one attached hydrogen (secondary N) is 1. The zero-order valence-electron chi connectivity index (χ0n) is 9.53. The van der Waals surface area contributed by atoms with Gasteiger partial charge in [0.05, 0.1) is 6.54 Å². The van der Waals surface area contributed by atoms with Crippen molar-refractivity contribution in [1.82, 2.24) is 5.32 Å². The molecule has 0 spiro atoms. The molecule has 1 aliphatic heterocycles. The van der Waals surface area contributed by atoms with Gasteiger partial charge in [0.2, 0.25) is 0 Å². The Morgan fingerprint density at radius 3 is 3.00 bits per heavy atom. The minimum atomic E-state index is 0.674. The van der Waals surface area contributed by atoms with Gasteiger partial charge in [0, 0.05) is 16.5 Å². The fourth-order valence-electron chi connectivity index (χ4n) is 2.22. The van der Waals surface area contributed by atoms with E-state index < -0.39 is 0 Å². The van der Waals surface area contributed by atoms with E-state index in [1.54, 1.807) is 0 Å². The van der Waals surface area contributed by atoms with Gasteiger partial charge in [-0.2, -0.15) is 11.8 Å². The lowest BCUT2D eigenvalue weighted by Crippen LogP contribution is -2.37. The van der Waals surface area contributed by atoms with Crippen molar-refractivity contribution < 1.29 is 0 Å². The van der Waals surface area contributed by atoms with Crippen LogP contribution in [0.3, 0.4) is 0 Å². The van der Waals surface area contributed by atoms with Gasteiger partial charge in [0.15, 0.2) is 5.17 Å². The summed E-state index contributed by atoms with van der Waals surface area (Å²) in [5.74, 6) is 0. The Labute approximate surface area is 101 Å². The van der Waals surface area contributed by atoms with E-state index in [0.29, 0.717) is 11.3 Å². The summed E-state index contributed by atoms with van der Waals surface area (Å²) in [6, 6.07) is 0.674. The van der Waals surface area contributed by atoms with Crippen LogP contribution in [0.25, 0.3) is 0 Å². The summed E-state index contributed by atoms with van der Waals surface area (Å²) in [6.45, 7) is 3.24. The van der Waals surface area contributed by atoms with Crippen LogP contribution in [0.4, 0.5) is 0 Å². The Bertz CT molecular complexity index is 243. The van der Waals surface area contributed by atoms with Gasteiger partial charge in [-0.3, -0.25) is 4.99 Å². The number of hydrogen-bond donors (Lipinski definition) is 1. The molecule has 2 aliphatic rings. The van der Waals surface area contributed by atoms with Crippen LogP contribution in [-0.4, -0.2) is 34.5 Å². The highest BCUT2D eigenvalue weighted by molar-refractivity contribution is 8.14. The van der Waals surface area contributed by atoms with Crippen LogP contribution in [0.1, 0.15) is 32.6 Å². The molecule has 1 heterocycles. The molecule has 4 heteroatoms. The van der Waals surface area contributed by atoms with E-state index in [-0.39, 0.29) is 0 Å². The first-order chi connectivity index (χ1) is 7.28. The van der Waals surface area contributed by atoms with E-state index in [9.17, 15) is 0 Å². The average molecular weight is 244 g/mol. The van der Waals surface area contributed by atoms with E-state index in [1.165, 1.54) is 30.9 Å². The smallest absolute Gasteiger partial charge is 0.157 e. The van der Waals surface area contributed by atoms with Crippen molar-refractivity contribution in [3.05, 3.63) is 0 Å². The van der Waals surface area contributed by atoms with Gasteiger partial charge in [0.1, 0.15) is 0 Å². The van der Waals surface area contributed by atoms with Gasteiger partial charge < -0.3 is 5.32 Å².